The van der Waals surface area contributed by atoms with Crippen LogP contribution in [0.15, 0.2) is 84.9 Å². The predicted molar refractivity (Wildman–Crippen MR) is 135 cm³/mol. The summed E-state index contributed by atoms with van der Waals surface area (Å²) in [7, 11) is 4.21. The molecular formula is C30H37NO2. The monoisotopic (exact) mass is 443 g/mol. The quantitative estimate of drug-likeness (QED) is 0.436. The van der Waals surface area contributed by atoms with Gasteiger partial charge < -0.3 is 14.7 Å². The van der Waals surface area contributed by atoms with E-state index in [9.17, 15) is 5.11 Å². The maximum atomic E-state index is 12.0. The summed E-state index contributed by atoms with van der Waals surface area (Å²) >= 11 is 0. The number of hydrogen-bond acceptors (Lipinski definition) is 3. The Morgan fingerprint density at radius 1 is 0.909 bits per heavy atom. The van der Waals surface area contributed by atoms with E-state index < -0.39 is 5.60 Å². The molecule has 0 aromatic heterocycles. The first-order valence-corrected chi connectivity index (χ1v) is 12.2. The van der Waals surface area contributed by atoms with E-state index >= 15 is 0 Å². The van der Waals surface area contributed by atoms with Gasteiger partial charge in [0, 0.05) is 12.5 Å². The zero-order valence-electron chi connectivity index (χ0n) is 20.0. The molecule has 1 N–H and O–H groups in total. The molecule has 1 fully saturated rings. The second-order valence-electron chi connectivity index (χ2n) is 9.85. The first-order valence-electron chi connectivity index (χ1n) is 12.2. The van der Waals surface area contributed by atoms with Gasteiger partial charge in [0.05, 0.1) is 5.60 Å². The van der Waals surface area contributed by atoms with Crippen LogP contribution in [0.4, 0.5) is 0 Å². The van der Waals surface area contributed by atoms with Crippen molar-refractivity contribution in [1.29, 1.82) is 0 Å². The molecule has 3 unspecified atom stereocenters. The van der Waals surface area contributed by atoms with Gasteiger partial charge in [0.15, 0.2) is 0 Å². The molecule has 3 atom stereocenters. The molecule has 0 heterocycles. The van der Waals surface area contributed by atoms with Gasteiger partial charge in [0.25, 0.3) is 0 Å². The molecule has 0 aliphatic heterocycles. The van der Waals surface area contributed by atoms with E-state index in [0.717, 1.165) is 49.1 Å². The molecule has 0 amide bonds. The fraction of sp³-hybridized carbons (Fsp3) is 0.400. The van der Waals surface area contributed by atoms with E-state index in [1.807, 2.05) is 30.3 Å². The van der Waals surface area contributed by atoms with E-state index in [1.54, 1.807) is 0 Å². The maximum absolute atomic E-state index is 12.0. The van der Waals surface area contributed by atoms with Gasteiger partial charge in [-0.3, -0.25) is 0 Å². The molecular weight excluding hydrogens is 406 g/mol. The van der Waals surface area contributed by atoms with Crippen molar-refractivity contribution in [2.45, 2.75) is 44.3 Å². The molecule has 0 saturated heterocycles. The third-order valence-electron chi connectivity index (χ3n) is 7.08. The van der Waals surface area contributed by atoms with Crippen molar-refractivity contribution in [3.05, 3.63) is 102 Å². The van der Waals surface area contributed by atoms with E-state index in [0.29, 0.717) is 12.5 Å². The summed E-state index contributed by atoms with van der Waals surface area (Å²) in [6.45, 7) is 1.42. The van der Waals surface area contributed by atoms with Crippen LogP contribution in [0.25, 0.3) is 0 Å². The Morgan fingerprint density at radius 3 is 2.30 bits per heavy atom. The van der Waals surface area contributed by atoms with Crippen molar-refractivity contribution < 1.29 is 9.84 Å². The third kappa shape index (κ3) is 6.25. The normalized spacial score (nSPS) is 22.9. The van der Waals surface area contributed by atoms with Gasteiger partial charge in [0.2, 0.25) is 0 Å². The Labute approximate surface area is 199 Å². The SMILES string of the molecule is CN(C)CC1CC(CCc2ccccc2)CCC1(O)c1cccc(OCc2ccccc2)c1. The lowest BCUT2D eigenvalue weighted by molar-refractivity contribution is -0.0762. The van der Waals surface area contributed by atoms with Crippen molar-refractivity contribution in [1.82, 2.24) is 4.90 Å². The molecule has 3 nitrogen and oxygen atoms in total. The summed E-state index contributed by atoms with van der Waals surface area (Å²) < 4.78 is 6.07. The molecule has 174 valence electrons. The van der Waals surface area contributed by atoms with Crippen LogP contribution in [-0.4, -0.2) is 30.6 Å². The fourth-order valence-corrected chi connectivity index (χ4v) is 5.26. The van der Waals surface area contributed by atoms with Gasteiger partial charge in [-0.25, -0.2) is 0 Å². The van der Waals surface area contributed by atoms with E-state index in [4.69, 9.17) is 4.74 Å². The molecule has 0 spiro atoms. The van der Waals surface area contributed by atoms with Gasteiger partial charge >= 0.3 is 0 Å². The van der Waals surface area contributed by atoms with Gasteiger partial charge in [-0.2, -0.15) is 0 Å². The zero-order chi connectivity index (χ0) is 23.1. The number of ether oxygens (including phenoxy) is 1. The minimum Gasteiger partial charge on any atom is -0.489 e. The number of rotatable bonds is 9. The number of hydrogen-bond donors (Lipinski definition) is 1. The van der Waals surface area contributed by atoms with Crippen molar-refractivity contribution in [3.8, 4) is 5.75 Å². The lowest BCUT2D eigenvalue weighted by Crippen LogP contribution is -2.45. The number of aryl methyl sites for hydroxylation is 1. The number of benzene rings is 3. The minimum absolute atomic E-state index is 0.200. The van der Waals surface area contributed by atoms with Crippen molar-refractivity contribution >= 4 is 0 Å². The first kappa shape index (κ1) is 23.5. The molecule has 3 aromatic rings. The highest BCUT2D eigenvalue weighted by Crippen LogP contribution is 2.46. The molecule has 3 aromatic carbocycles. The fourth-order valence-electron chi connectivity index (χ4n) is 5.26. The highest BCUT2D eigenvalue weighted by atomic mass is 16.5. The Hall–Kier alpha value is -2.62. The Morgan fingerprint density at radius 2 is 1.61 bits per heavy atom. The average Bonchev–Trinajstić information content (AvgIpc) is 2.84. The van der Waals surface area contributed by atoms with Crippen LogP contribution >= 0.6 is 0 Å². The topological polar surface area (TPSA) is 32.7 Å². The van der Waals surface area contributed by atoms with Crippen LogP contribution in [-0.2, 0) is 18.6 Å². The number of aliphatic hydroxyl groups is 1. The lowest BCUT2D eigenvalue weighted by Gasteiger charge is -2.44. The standard InChI is InChI=1S/C30H37NO2/c1-31(2)22-28-20-25(17-16-24-10-5-3-6-11-24)18-19-30(28,32)27-14-9-15-29(21-27)33-23-26-12-7-4-8-13-26/h3-15,21,25,28,32H,16-20,22-23H2,1-2H3. The van der Waals surface area contributed by atoms with Crippen LogP contribution < -0.4 is 4.74 Å². The third-order valence-corrected chi connectivity index (χ3v) is 7.08. The molecule has 33 heavy (non-hydrogen) atoms. The van der Waals surface area contributed by atoms with Gasteiger partial charge in [-0.05, 0) is 80.9 Å². The molecule has 3 heteroatoms. The molecule has 1 saturated carbocycles. The van der Waals surface area contributed by atoms with Crippen molar-refractivity contribution in [2.75, 3.05) is 20.6 Å². The van der Waals surface area contributed by atoms with Crippen LogP contribution in [0, 0.1) is 11.8 Å². The average molecular weight is 444 g/mol. The second-order valence-corrected chi connectivity index (χ2v) is 9.85. The zero-order valence-corrected chi connectivity index (χ0v) is 20.0. The lowest BCUT2D eigenvalue weighted by atomic mass is 9.66. The van der Waals surface area contributed by atoms with Crippen LogP contribution in [0.5, 0.6) is 5.75 Å². The molecule has 0 radical (unpaired) electrons. The first-order chi connectivity index (χ1) is 16.0. The van der Waals surface area contributed by atoms with E-state index in [-0.39, 0.29) is 5.92 Å². The van der Waals surface area contributed by atoms with E-state index in [1.165, 1.54) is 12.0 Å². The van der Waals surface area contributed by atoms with E-state index in [2.05, 4.69) is 73.6 Å². The number of nitrogens with zero attached hydrogens (tertiary/aromatic N) is 1. The summed E-state index contributed by atoms with van der Waals surface area (Å²) in [5.41, 5.74) is 2.72. The predicted octanol–water partition coefficient (Wildman–Crippen LogP) is 6.06. The summed E-state index contributed by atoms with van der Waals surface area (Å²) in [6, 6.07) is 29.1. The minimum atomic E-state index is -0.820. The van der Waals surface area contributed by atoms with Crippen molar-refractivity contribution in [2.24, 2.45) is 11.8 Å². The molecule has 1 aliphatic carbocycles. The Bertz CT molecular complexity index is 988. The van der Waals surface area contributed by atoms with Gasteiger partial charge in [-0.1, -0.05) is 72.8 Å². The van der Waals surface area contributed by atoms with Gasteiger partial charge in [0.1, 0.15) is 12.4 Å². The smallest absolute Gasteiger partial charge is 0.120 e. The Balaban J connectivity index is 1.45. The highest BCUT2D eigenvalue weighted by Gasteiger charge is 2.43. The summed E-state index contributed by atoms with van der Waals surface area (Å²) in [6.07, 6.45) is 5.21. The maximum Gasteiger partial charge on any atom is 0.120 e. The summed E-state index contributed by atoms with van der Waals surface area (Å²) in [5.74, 6) is 1.67. The van der Waals surface area contributed by atoms with Gasteiger partial charge in [-0.15, -0.1) is 0 Å². The molecule has 4 rings (SSSR count). The summed E-state index contributed by atoms with van der Waals surface area (Å²) in [4.78, 5) is 2.21. The Kier molecular flexibility index (Phi) is 7.85. The molecule has 0 bridgehead atoms. The van der Waals surface area contributed by atoms with Crippen molar-refractivity contribution in [3.63, 3.8) is 0 Å². The van der Waals surface area contributed by atoms with Crippen LogP contribution in [0.1, 0.15) is 42.4 Å². The highest BCUT2D eigenvalue weighted by molar-refractivity contribution is 5.34. The molecule has 1 aliphatic rings. The largest absolute Gasteiger partial charge is 0.489 e. The van der Waals surface area contributed by atoms with Crippen LogP contribution in [0.3, 0.4) is 0 Å². The second kappa shape index (κ2) is 11.0. The summed E-state index contributed by atoms with van der Waals surface area (Å²) in [5, 5.41) is 12.0. The van der Waals surface area contributed by atoms with Crippen LogP contribution in [0.2, 0.25) is 0 Å².